The Morgan fingerprint density at radius 1 is 1.25 bits per heavy atom. The first-order valence-electron chi connectivity index (χ1n) is 6.79. The zero-order valence-corrected chi connectivity index (χ0v) is 10.1. The molecule has 3 unspecified atom stereocenters. The number of esters is 1. The van der Waals surface area contributed by atoms with Gasteiger partial charge in [0.15, 0.2) is 0 Å². The van der Waals surface area contributed by atoms with E-state index in [2.05, 4.69) is 6.92 Å². The van der Waals surface area contributed by atoms with Crippen LogP contribution in [0.25, 0.3) is 0 Å². The minimum atomic E-state index is 0.0839. The van der Waals surface area contributed by atoms with E-state index >= 15 is 0 Å². The number of hydrogen-bond donors (Lipinski definition) is 0. The summed E-state index contributed by atoms with van der Waals surface area (Å²) in [6.07, 6.45) is 7.37. The highest BCUT2D eigenvalue weighted by molar-refractivity contribution is 5.76. The maximum atomic E-state index is 12.0. The fourth-order valence-corrected chi connectivity index (χ4v) is 4.29. The van der Waals surface area contributed by atoms with E-state index in [0.717, 1.165) is 18.3 Å². The van der Waals surface area contributed by atoms with Crippen LogP contribution >= 0.6 is 0 Å². The Kier molecular flexibility index (Phi) is 2.68. The molecule has 2 nitrogen and oxygen atoms in total. The fraction of sp³-hybridized carbons (Fsp3) is 0.857. The lowest BCUT2D eigenvalue weighted by Gasteiger charge is -2.52. The van der Waals surface area contributed by atoms with Crippen molar-refractivity contribution < 1.29 is 9.53 Å². The Morgan fingerprint density at radius 2 is 1.94 bits per heavy atom. The van der Waals surface area contributed by atoms with E-state index in [-0.39, 0.29) is 11.9 Å². The van der Waals surface area contributed by atoms with Gasteiger partial charge in [0.05, 0.1) is 12.5 Å². The number of carbonyl (C=O) groups is 1. The van der Waals surface area contributed by atoms with Crippen LogP contribution in [-0.4, -0.2) is 12.6 Å². The molecule has 0 saturated heterocycles. The molecule has 16 heavy (non-hydrogen) atoms. The minimum absolute atomic E-state index is 0.0839. The van der Waals surface area contributed by atoms with Crippen LogP contribution < -0.4 is 0 Å². The molecule has 1 radical (unpaired) electrons. The summed E-state index contributed by atoms with van der Waals surface area (Å²) in [7, 11) is 0. The first kappa shape index (κ1) is 10.6. The van der Waals surface area contributed by atoms with Crippen molar-refractivity contribution in [1.29, 1.82) is 0 Å². The summed E-state index contributed by atoms with van der Waals surface area (Å²) in [6.45, 7) is 2.65. The monoisotopic (exact) mass is 221 g/mol. The molecule has 0 aliphatic heterocycles. The summed E-state index contributed by atoms with van der Waals surface area (Å²) >= 11 is 0. The molecule has 4 fully saturated rings. The molecule has 0 amide bonds. The number of hydrogen-bond acceptors (Lipinski definition) is 2. The van der Waals surface area contributed by atoms with Crippen LogP contribution in [-0.2, 0) is 9.53 Å². The van der Waals surface area contributed by atoms with E-state index in [1.54, 1.807) is 0 Å². The molecular formula is C14H21O2. The van der Waals surface area contributed by atoms with Crippen molar-refractivity contribution in [2.75, 3.05) is 6.61 Å². The molecular weight excluding hydrogens is 200 g/mol. The van der Waals surface area contributed by atoms with Gasteiger partial charge >= 0.3 is 5.97 Å². The fourth-order valence-electron chi connectivity index (χ4n) is 4.29. The molecule has 4 saturated carbocycles. The average Bonchev–Trinajstić information content (AvgIpc) is 2.24. The molecule has 4 rings (SSSR count). The van der Waals surface area contributed by atoms with Crippen molar-refractivity contribution in [2.24, 2.45) is 23.7 Å². The normalized spacial score (nSPS) is 41.3. The average molecular weight is 221 g/mol. The molecule has 4 aliphatic rings. The second-order valence-corrected chi connectivity index (χ2v) is 5.91. The molecule has 3 atom stereocenters. The van der Waals surface area contributed by atoms with Crippen molar-refractivity contribution in [2.45, 2.75) is 45.4 Å². The van der Waals surface area contributed by atoms with E-state index in [0.29, 0.717) is 12.5 Å². The molecule has 2 heteroatoms. The van der Waals surface area contributed by atoms with Crippen LogP contribution in [0.2, 0.25) is 0 Å². The lowest BCUT2D eigenvalue weighted by Crippen LogP contribution is -2.47. The van der Waals surface area contributed by atoms with Crippen LogP contribution in [0.3, 0.4) is 0 Å². The van der Waals surface area contributed by atoms with Crippen LogP contribution in [0.15, 0.2) is 0 Å². The molecule has 89 valence electrons. The predicted molar refractivity (Wildman–Crippen MR) is 61.5 cm³/mol. The van der Waals surface area contributed by atoms with Gasteiger partial charge < -0.3 is 4.74 Å². The standard InChI is InChI=1S/C14H21O2/c1-2-3-16-14(15)13-11-5-9-4-10(7-11)8-12(13)6-9/h9-11,13H,2-8H2,1H3. The summed E-state index contributed by atoms with van der Waals surface area (Å²) in [5.41, 5.74) is 0. The lowest BCUT2D eigenvalue weighted by molar-refractivity contribution is -0.154. The molecule has 4 aliphatic carbocycles. The van der Waals surface area contributed by atoms with Crippen molar-refractivity contribution >= 4 is 5.97 Å². The van der Waals surface area contributed by atoms with Gasteiger partial charge in [0.2, 0.25) is 0 Å². The smallest absolute Gasteiger partial charge is 0.309 e. The van der Waals surface area contributed by atoms with Gasteiger partial charge in [-0.25, -0.2) is 0 Å². The third-order valence-corrected chi connectivity index (χ3v) is 4.65. The topological polar surface area (TPSA) is 26.3 Å². The maximum Gasteiger partial charge on any atom is 0.309 e. The van der Waals surface area contributed by atoms with Gasteiger partial charge in [-0.05, 0) is 62.2 Å². The molecule has 4 bridgehead atoms. The minimum Gasteiger partial charge on any atom is -0.465 e. The van der Waals surface area contributed by atoms with Crippen LogP contribution in [0.5, 0.6) is 0 Å². The predicted octanol–water partition coefficient (Wildman–Crippen LogP) is 2.97. The quantitative estimate of drug-likeness (QED) is 0.685. The summed E-state index contributed by atoms with van der Waals surface area (Å²) in [4.78, 5) is 12.0. The highest BCUT2D eigenvalue weighted by Gasteiger charge is 2.51. The van der Waals surface area contributed by atoms with E-state index < -0.39 is 0 Å². The van der Waals surface area contributed by atoms with E-state index in [9.17, 15) is 4.79 Å². The van der Waals surface area contributed by atoms with E-state index in [4.69, 9.17) is 4.74 Å². The lowest BCUT2D eigenvalue weighted by atomic mass is 9.52. The second-order valence-electron chi connectivity index (χ2n) is 5.91. The van der Waals surface area contributed by atoms with Crippen LogP contribution in [0.1, 0.15) is 45.4 Å². The first-order chi connectivity index (χ1) is 7.78. The largest absolute Gasteiger partial charge is 0.465 e. The van der Waals surface area contributed by atoms with Crippen LogP contribution in [0, 0.1) is 29.6 Å². The molecule has 0 aromatic rings. The van der Waals surface area contributed by atoms with Crippen molar-refractivity contribution in [3.63, 3.8) is 0 Å². The van der Waals surface area contributed by atoms with Crippen molar-refractivity contribution in [1.82, 2.24) is 0 Å². The molecule has 0 aromatic heterocycles. The van der Waals surface area contributed by atoms with Crippen molar-refractivity contribution in [3.05, 3.63) is 5.92 Å². The SMILES string of the molecule is CCCOC(=O)C1[C]2CC3CC(C2)CC1C3. The Hall–Kier alpha value is -0.530. The second kappa shape index (κ2) is 4.05. The highest BCUT2D eigenvalue weighted by Crippen LogP contribution is 2.57. The molecule has 0 spiro atoms. The summed E-state index contributed by atoms with van der Waals surface area (Å²) in [5.74, 6) is 4.24. The zero-order chi connectivity index (χ0) is 11.1. The van der Waals surface area contributed by atoms with Gasteiger partial charge in [-0.3, -0.25) is 4.79 Å². The first-order valence-corrected chi connectivity index (χ1v) is 6.79. The maximum absolute atomic E-state index is 12.0. The van der Waals surface area contributed by atoms with Gasteiger partial charge in [-0.1, -0.05) is 6.92 Å². The number of carbonyl (C=O) groups excluding carboxylic acids is 1. The van der Waals surface area contributed by atoms with E-state index in [1.165, 1.54) is 38.0 Å². The van der Waals surface area contributed by atoms with Gasteiger partial charge in [0, 0.05) is 0 Å². The third kappa shape index (κ3) is 1.66. The van der Waals surface area contributed by atoms with Crippen molar-refractivity contribution in [3.8, 4) is 0 Å². The molecule has 0 N–H and O–H groups in total. The van der Waals surface area contributed by atoms with Gasteiger partial charge in [-0.15, -0.1) is 0 Å². The highest BCUT2D eigenvalue weighted by atomic mass is 16.5. The van der Waals surface area contributed by atoms with Gasteiger partial charge in [-0.2, -0.15) is 0 Å². The Morgan fingerprint density at radius 3 is 2.50 bits per heavy atom. The number of ether oxygens (including phenoxy) is 1. The Bertz CT molecular complexity index is 256. The summed E-state index contributed by atoms with van der Waals surface area (Å²) in [5, 5.41) is 0. The summed E-state index contributed by atoms with van der Waals surface area (Å²) < 4.78 is 5.36. The van der Waals surface area contributed by atoms with Gasteiger partial charge in [0.1, 0.15) is 0 Å². The Balaban J connectivity index is 1.69. The van der Waals surface area contributed by atoms with Gasteiger partial charge in [0.25, 0.3) is 0 Å². The Labute approximate surface area is 97.7 Å². The summed E-state index contributed by atoms with van der Waals surface area (Å²) in [6, 6.07) is 0. The molecule has 0 heterocycles. The number of rotatable bonds is 3. The third-order valence-electron chi connectivity index (χ3n) is 4.65. The zero-order valence-electron chi connectivity index (χ0n) is 10.1. The molecule has 0 aromatic carbocycles. The van der Waals surface area contributed by atoms with Crippen LogP contribution in [0.4, 0.5) is 0 Å². The van der Waals surface area contributed by atoms with E-state index in [1.807, 2.05) is 0 Å².